The molecule has 0 aliphatic carbocycles. The van der Waals surface area contributed by atoms with Crippen molar-refractivity contribution < 1.29 is 32.3 Å². The maximum Gasteiger partial charge on any atom is 0.419 e. The first-order chi connectivity index (χ1) is 19.4. The van der Waals surface area contributed by atoms with Crippen molar-refractivity contribution in [1.82, 2.24) is 9.97 Å². The second kappa shape index (κ2) is 11.3. The molecule has 1 aliphatic rings. The van der Waals surface area contributed by atoms with Gasteiger partial charge in [-0.05, 0) is 29.8 Å². The Morgan fingerprint density at radius 3 is 2.51 bits per heavy atom. The van der Waals surface area contributed by atoms with Gasteiger partial charge in [-0.15, -0.1) is 11.3 Å². The Bertz CT molecular complexity index is 1650. The molecule has 5 rings (SSSR count). The van der Waals surface area contributed by atoms with Gasteiger partial charge < -0.3 is 10.0 Å². The topological polar surface area (TPSA) is 95.4 Å². The van der Waals surface area contributed by atoms with Crippen molar-refractivity contribution in [2.45, 2.75) is 12.1 Å². The normalized spacial score (nSPS) is 17.1. The van der Waals surface area contributed by atoms with Crippen molar-refractivity contribution in [3.8, 4) is 11.3 Å². The number of hydrogen-bond donors (Lipinski definition) is 2. The summed E-state index contributed by atoms with van der Waals surface area (Å²) in [5.41, 5.74) is -1.09. The molecule has 212 valence electrons. The van der Waals surface area contributed by atoms with E-state index in [0.717, 1.165) is 23.5 Å². The van der Waals surface area contributed by atoms with E-state index in [2.05, 4.69) is 15.3 Å². The van der Waals surface area contributed by atoms with Crippen LogP contribution < -0.4 is 10.2 Å². The summed E-state index contributed by atoms with van der Waals surface area (Å²) >= 11 is 13.7. The first-order valence-electron chi connectivity index (χ1n) is 11.9. The van der Waals surface area contributed by atoms with Gasteiger partial charge in [0.05, 0.1) is 27.8 Å². The number of carboxylic acids is 1. The molecule has 14 heteroatoms. The van der Waals surface area contributed by atoms with Crippen LogP contribution in [0.3, 0.4) is 0 Å². The summed E-state index contributed by atoms with van der Waals surface area (Å²) in [5, 5.41) is 14.2. The van der Waals surface area contributed by atoms with E-state index in [4.69, 9.17) is 23.2 Å². The van der Waals surface area contributed by atoms with Crippen molar-refractivity contribution in [3.63, 3.8) is 0 Å². The number of benzene rings is 2. The summed E-state index contributed by atoms with van der Waals surface area (Å²) in [6.07, 6.45) is -3.61. The third-order valence-electron chi connectivity index (χ3n) is 6.63. The van der Waals surface area contributed by atoms with Crippen LogP contribution in [-0.4, -0.2) is 40.0 Å². The fraction of sp³-hybridized carbons (Fsp3) is 0.185. The number of pyridine rings is 1. The number of nitrogens with zero attached hydrogens (tertiary/aromatic N) is 3. The van der Waals surface area contributed by atoms with Crippen LogP contribution in [0.5, 0.6) is 0 Å². The summed E-state index contributed by atoms with van der Waals surface area (Å²) < 4.78 is 53.7. The van der Waals surface area contributed by atoms with Crippen molar-refractivity contribution in [2.75, 3.05) is 23.3 Å². The first-order valence-corrected chi connectivity index (χ1v) is 13.6. The maximum atomic E-state index is 14.5. The molecule has 1 amide bonds. The van der Waals surface area contributed by atoms with Gasteiger partial charge in [0, 0.05) is 41.2 Å². The van der Waals surface area contributed by atoms with E-state index in [9.17, 15) is 32.3 Å². The zero-order chi connectivity index (χ0) is 29.5. The van der Waals surface area contributed by atoms with Crippen molar-refractivity contribution in [3.05, 3.63) is 92.7 Å². The number of aromatic nitrogens is 2. The Morgan fingerprint density at radius 1 is 1.07 bits per heavy atom. The van der Waals surface area contributed by atoms with Crippen molar-refractivity contribution >= 4 is 57.4 Å². The van der Waals surface area contributed by atoms with Gasteiger partial charge in [0.1, 0.15) is 11.6 Å². The van der Waals surface area contributed by atoms with Gasteiger partial charge >= 0.3 is 12.1 Å². The number of carbonyl (C=O) groups is 2. The molecule has 0 bridgehead atoms. The van der Waals surface area contributed by atoms with E-state index in [0.29, 0.717) is 22.5 Å². The molecule has 1 aliphatic heterocycles. The zero-order valence-corrected chi connectivity index (χ0v) is 23.0. The molecular formula is C27H18Cl2F4N4O3S. The second-order valence-electron chi connectivity index (χ2n) is 9.16. The van der Waals surface area contributed by atoms with Crippen LogP contribution in [0.25, 0.3) is 11.3 Å². The Balaban J connectivity index is 1.32. The van der Waals surface area contributed by atoms with Gasteiger partial charge in [-0.1, -0.05) is 47.5 Å². The molecule has 2 unspecified atom stereocenters. The average Bonchev–Trinajstić information content (AvgIpc) is 3.56. The number of alkyl halides is 3. The Labute approximate surface area is 244 Å². The molecule has 3 heterocycles. The summed E-state index contributed by atoms with van der Waals surface area (Å²) in [4.78, 5) is 34.9. The zero-order valence-electron chi connectivity index (χ0n) is 20.6. The van der Waals surface area contributed by atoms with Gasteiger partial charge in [0.25, 0.3) is 5.91 Å². The molecule has 4 aromatic rings. The molecule has 2 aromatic carbocycles. The van der Waals surface area contributed by atoms with Crippen LogP contribution in [0, 0.1) is 11.7 Å². The number of rotatable bonds is 6. The lowest BCUT2D eigenvalue weighted by Gasteiger charge is -2.19. The highest BCUT2D eigenvalue weighted by Gasteiger charge is 2.40. The van der Waals surface area contributed by atoms with Crippen LogP contribution in [-0.2, 0) is 11.0 Å². The number of halogens is 6. The van der Waals surface area contributed by atoms with Crippen LogP contribution in [0.2, 0.25) is 10.0 Å². The number of nitrogens with one attached hydrogen (secondary N) is 1. The molecular weight excluding hydrogens is 607 g/mol. The first kappa shape index (κ1) is 28.8. The van der Waals surface area contributed by atoms with Crippen LogP contribution in [0.15, 0.2) is 60.1 Å². The molecule has 0 spiro atoms. The summed E-state index contributed by atoms with van der Waals surface area (Å²) in [7, 11) is 0. The monoisotopic (exact) mass is 624 g/mol. The van der Waals surface area contributed by atoms with Gasteiger partial charge in [0.15, 0.2) is 5.13 Å². The molecule has 2 atom stereocenters. The lowest BCUT2D eigenvalue weighted by atomic mass is 9.89. The molecule has 2 N–H and O–H groups in total. The molecule has 0 saturated carbocycles. The molecule has 0 radical (unpaired) electrons. The number of anilines is 2. The third kappa shape index (κ3) is 5.85. The Morgan fingerprint density at radius 2 is 1.83 bits per heavy atom. The van der Waals surface area contributed by atoms with Crippen LogP contribution >= 0.6 is 34.5 Å². The lowest BCUT2D eigenvalue weighted by Crippen LogP contribution is -2.24. The SMILES string of the molecule is O=C(Nc1nc(-c2cccc(C(F)(F)F)c2F)cs1)c1cnc(N2CC(C(=O)O)C(c3ccccc3Cl)C2)c(Cl)c1. The number of thiazole rings is 1. The highest BCUT2D eigenvalue weighted by Crippen LogP contribution is 2.40. The minimum Gasteiger partial charge on any atom is -0.481 e. The molecule has 1 fully saturated rings. The molecule has 7 nitrogen and oxygen atoms in total. The molecule has 1 saturated heterocycles. The maximum absolute atomic E-state index is 14.5. The number of carbonyl (C=O) groups excluding carboxylic acids is 1. The van der Waals surface area contributed by atoms with E-state index >= 15 is 0 Å². The van der Waals surface area contributed by atoms with Gasteiger partial charge in [-0.2, -0.15) is 13.2 Å². The van der Waals surface area contributed by atoms with Crippen LogP contribution in [0.1, 0.15) is 27.4 Å². The number of carboxylic acid groups (broad SMARTS) is 1. The van der Waals surface area contributed by atoms with E-state index in [1.165, 1.54) is 17.6 Å². The number of hydrogen-bond acceptors (Lipinski definition) is 6. The number of amides is 1. The average molecular weight is 625 g/mol. The summed E-state index contributed by atoms with van der Waals surface area (Å²) in [5.74, 6) is -3.99. The molecule has 41 heavy (non-hydrogen) atoms. The largest absolute Gasteiger partial charge is 0.481 e. The predicted molar refractivity (Wildman–Crippen MR) is 147 cm³/mol. The second-order valence-corrected chi connectivity index (χ2v) is 10.8. The highest BCUT2D eigenvalue weighted by molar-refractivity contribution is 7.14. The fourth-order valence-corrected chi connectivity index (χ4v) is 5.95. The summed E-state index contributed by atoms with van der Waals surface area (Å²) in [6.45, 7) is 0.407. The Kier molecular flexibility index (Phi) is 7.91. The van der Waals surface area contributed by atoms with E-state index in [1.807, 2.05) is 0 Å². The molecule has 2 aromatic heterocycles. The lowest BCUT2D eigenvalue weighted by molar-refractivity contribution is -0.141. The van der Waals surface area contributed by atoms with Crippen molar-refractivity contribution in [2.24, 2.45) is 5.92 Å². The van der Waals surface area contributed by atoms with Gasteiger partial charge in [-0.3, -0.25) is 14.9 Å². The van der Waals surface area contributed by atoms with E-state index < -0.39 is 41.3 Å². The fourth-order valence-electron chi connectivity index (χ4n) is 4.68. The predicted octanol–water partition coefficient (Wildman–Crippen LogP) is 7.23. The van der Waals surface area contributed by atoms with Gasteiger partial charge in [0.2, 0.25) is 0 Å². The Hall–Kier alpha value is -3.74. The quantitative estimate of drug-likeness (QED) is 0.220. The van der Waals surface area contributed by atoms with Gasteiger partial charge in [-0.25, -0.2) is 14.4 Å². The third-order valence-corrected chi connectivity index (χ3v) is 8.01. The minimum atomic E-state index is -4.87. The summed E-state index contributed by atoms with van der Waals surface area (Å²) in [6, 6.07) is 11.2. The standard InChI is InChI=1S/C27H18Cl2F4N4O3S/c28-19-7-2-1-4-14(19)16-10-37(11-17(16)25(39)40)23-20(29)8-13(9-34-23)24(38)36-26-35-21(12-41-26)15-5-3-6-18(22(15)30)27(31,32)33/h1-9,12,16-17H,10-11H2,(H,39,40)(H,35,36,38). The van der Waals surface area contributed by atoms with E-state index in [-0.39, 0.29) is 40.1 Å². The van der Waals surface area contributed by atoms with E-state index in [1.54, 1.807) is 29.2 Å². The number of aliphatic carboxylic acids is 1. The smallest absolute Gasteiger partial charge is 0.419 e. The van der Waals surface area contributed by atoms with Crippen molar-refractivity contribution in [1.29, 1.82) is 0 Å². The minimum absolute atomic E-state index is 0.0217. The highest BCUT2D eigenvalue weighted by atomic mass is 35.5. The van der Waals surface area contributed by atoms with Crippen LogP contribution in [0.4, 0.5) is 28.5 Å².